The summed E-state index contributed by atoms with van der Waals surface area (Å²) in [6, 6.07) is 12.2. The lowest BCUT2D eigenvalue weighted by Gasteiger charge is -2.08. The minimum Gasteiger partial charge on any atom is -0.241 e. The first kappa shape index (κ1) is 16.7. The largest absolute Gasteiger partial charge is 0.242 e. The summed E-state index contributed by atoms with van der Waals surface area (Å²) in [6.45, 7) is 0.241. The maximum atomic E-state index is 12.3. The number of fused-ring (bicyclic) bond motifs is 1. The normalized spacial score (nSPS) is 11.9. The van der Waals surface area contributed by atoms with Crippen molar-refractivity contribution in [1.82, 2.24) is 9.71 Å². The Labute approximate surface area is 148 Å². The molecular weight excluding hydrogens is 375 g/mol. The third-order valence-electron chi connectivity index (χ3n) is 3.15. The molecule has 0 aliphatic heterocycles. The minimum absolute atomic E-state index is 0.0176. The van der Waals surface area contributed by atoms with Gasteiger partial charge in [-0.1, -0.05) is 35.3 Å². The summed E-state index contributed by atoms with van der Waals surface area (Å²) < 4.78 is 28.2. The first-order valence-corrected chi connectivity index (χ1v) is 9.80. The first-order valence-electron chi connectivity index (χ1n) is 6.75. The van der Waals surface area contributed by atoms with E-state index >= 15 is 0 Å². The lowest BCUT2D eigenvalue weighted by atomic mass is 10.3. The van der Waals surface area contributed by atoms with Gasteiger partial charge in [0, 0.05) is 18.0 Å². The molecule has 1 aromatic heterocycles. The van der Waals surface area contributed by atoms with Crippen LogP contribution in [0, 0.1) is 0 Å². The average Bonchev–Trinajstić information content (AvgIpc) is 2.92. The Kier molecular flexibility index (Phi) is 4.89. The smallest absolute Gasteiger partial charge is 0.241 e. The van der Waals surface area contributed by atoms with Gasteiger partial charge >= 0.3 is 0 Å². The maximum absolute atomic E-state index is 12.3. The van der Waals surface area contributed by atoms with E-state index in [-0.39, 0.29) is 16.5 Å². The van der Waals surface area contributed by atoms with Gasteiger partial charge < -0.3 is 0 Å². The zero-order chi connectivity index (χ0) is 16.4. The molecule has 23 heavy (non-hydrogen) atoms. The Morgan fingerprint density at radius 2 is 1.91 bits per heavy atom. The van der Waals surface area contributed by atoms with Gasteiger partial charge in [0.05, 0.1) is 20.2 Å². The highest BCUT2D eigenvalue weighted by Gasteiger charge is 2.18. The third kappa shape index (κ3) is 3.84. The van der Waals surface area contributed by atoms with E-state index in [1.165, 1.54) is 12.1 Å². The molecule has 0 bridgehead atoms. The van der Waals surface area contributed by atoms with Crippen LogP contribution in [0.2, 0.25) is 10.0 Å². The van der Waals surface area contributed by atoms with Crippen molar-refractivity contribution in [1.29, 1.82) is 0 Å². The summed E-state index contributed by atoms with van der Waals surface area (Å²) in [6.07, 6.45) is 0.511. The van der Waals surface area contributed by atoms with Crippen molar-refractivity contribution >= 4 is 54.8 Å². The lowest BCUT2D eigenvalue weighted by molar-refractivity contribution is 0.581. The molecule has 2 aromatic carbocycles. The molecule has 0 amide bonds. The van der Waals surface area contributed by atoms with Crippen molar-refractivity contribution < 1.29 is 8.42 Å². The Hall–Kier alpha value is -1.18. The number of hydrogen-bond acceptors (Lipinski definition) is 4. The van der Waals surface area contributed by atoms with Crippen molar-refractivity contribution in [3.63, 3.8) is 0 Å². The summed E-state index contributed by atoms with van der Waals surface area (Å²) in [5.41, 5.74) is 0.924. The number of halogens is 2. The molecule has 0 atom stereocenters. The van der Waals surface area contributed by atoms with E-state index in [4.69, 9.17) is 23.2 Å². The molecule has 0 radical (unpaired) electrons. The highest BCUT2D eigenvalue weighted by molar-refractivity contribution is 7.89. The van der Waals surface area contributed by atoms with Crippen LogP contribution in [0.25, 0.3) is 10.2 Å². The Bertz CT molecular complexity index is 922. The molecule has 0 unspecified atom stereocenters. The second kappa shape index (κ2) is 6.75. The number of thiazole rings is 1. The second-order valence-electron chi connectivity index (χ2n) is 4.80. The molecule has 1 heterocycles. The molecule has 3 aromatic rings. The highest BCUT2D eigenvalue weighted by atomic mass is 35.5. The van der Waals surface area contributed by atoms with E-state index in [1.54, 1.807) is 17.4 Å². The van der Waals surface area contributed by atoms with Crippen LogP contribution in [0.3, 0.4) is 0 Å². The van der Waals surface area contributed by atoms with Crippen LogP contribution < -0.4 is 4.72 Å². The zero-order valence-electron chi connectivity index (χ0n) is 11.8. The predicted octanol–water partition coefficient (Wildman–Crippen LogP) is 4.12. The van der Waals surface area contributed by atoms with E-state index < -0.39 is 10.0 Å². The SMILES string of the molecule is O=S(=O)(NCCc1nc2ccccc2s1)c1cc(Cl)ccc1Cl. The van der Waals surface area contributed by atoms with Gasteiger partial charge in [0.25, 0.3) is 0 Å². The number of nitrogens with zero attached hydrogens (tertiary/aromatic N) is 1. The topological polar surface area (TPSA) is 59.1 Å². The van der Waals surface area contributed by atoms with Gasteiger partial charge in [-0.2, -0.15) is 0 Å². The molecule has 0 aliphatic carbocycles. The van der Waals surface area contributed by atoms with Gasteiger partial charge in [0.2, 0.25) is 10.0 Å². The standard InChI is InChI=1S/C15H12Cl2N2O2S2/c16-10-5-6-11(17)14(9-10)23(20,21)18-8-7-15-19-12-3-1-2-4-13(12)22-15/h1-6,9,18H,7-8H2. The summed E-state index contributed by atoms with van der Waals surface area (Å²) >= 11 is 13.3. The van der Waals surface area contributed by atoms with E-state index in [0.29, 0.717) is 11.4 Å². The summed E-state index contributed by atoms with van der Waals surface area (Å²) in [5, 5.41) is 1.34. The fourth-order valence-electron chi connectivity index (χ4n) is 2.08. The molecule has 0 saturated carbocycles. The van der Waals surface area contributed by atoms with E-state index in [1.807, 2.05) is 24.3 Å². The molecule has 0 fully saturated rings. The molecule has 0 aliphatic rings. The number of sulfonamides is 1. The fraction of sp³-hybridized carbons (Fsp3) is 0.133. The molecule has 8 heteroatoms. The monoisotopic (exact) mass is 386 g/mol. The Balaban J connectivity index is 1.71. The van der Waals surface area contributed by atoms with Gasteiger partial charge in [0.15, 0.2) is 0 Å². The molecule has 0 spiro atoms. The number of para-hydroxylation sites is 1. The van der Waals surface area contributed by atoms with Crippen LogP contribution in [-0.2, 0) is 16.4 Å². The zero-order valence-corrected chi connectivity index (χ0v) is 14.9. The molecule has 4 nitrogen and oxygen atoms in total. The van der Waals surface area contributed by atoms with Crippen molar-refractivity contribution in [2.75, 3.05) is 6.54 Å². The number of rotatable bonds is 5. The van der Waals surface area contributed by atoms with Crippen LogP contribution in [0.15, 0.2) is 47.4 Å². The van der Waals surface area contributed by atoms with Gasteiger partial charge in [-0.15, -0.1) is 11.3 Å². The number of nitrogens with one attached hydrogen (secondary N) is 1. The van der Waals surface area contributed by atoms with E-state index in [9.17, 15) is 8.42 Å². The Morgan fingerprint density at radius 3 is 2.70 bits per heavy atom. The summed E-state index contributed by atoms with van der Waals surface area (Å²) in [7, 11) is -3.70. The molecule has 1 N–H and O–H groups in total. The van der Waals surface area contributed by atoms with Gasteiger partial charge in [-0.3, -0.25) is 0 Å². The van der Waals surface area contributed by atoms with Crippen molar-refractivity contribution in [2.24, 2.45) is 0 Å². The van der Waals surface area contributed by atoms with Crippen LogP contribution in [0.1, 0.15) is 5.01 Å². The molecule has 0 saturated heterocycles. The van der Waals surface area contributed by atoms with Gasteiger partial charge in [-0.25, -0.2) is 18.1 Å². The van der Waals surface area contributed by atoms with Gasteiger partial charge in [0.1, 0.15) is 4.90 Å². The number of benzene rings is 2. The van der Waals surface area contributed by atoms with Crippen molar-refractivity contribution in [2.45, 2.75) is 11.3 Å². The van der Waals surface area contributed by atoms with E-state index in [2.05, 4.69) is 9.71 Å². The van der Waals surface area contributed by atoms with Crippen LogP contribution in [-0.4, -0.2) is 19.9 Å². The van der Waals surface area contributed by atoms with Gasteiger partial charge in [-0.05, 0) is 30.3 Å². The van der Waals surface area contributed by atoms with Crippen molar-refractivity contribution in [3.8, 4) is 0 Å². The average molecular weight is 387 g/mol. The highest BCUT2D eigenvalue weighted by Crippen LogP contribution is 2.25. The van der Waals surface area contributed by atoms with Crippen LogP contribution >= 0.6 is 34.5 Å². The molecular formula is C15H12Cl2N2O2S2. The molecule has 3 rings (SSSR count). The lowest BCUT2D eigenvalue weighted by Crippen LogP contribution is -2.26. The number of aromatic nitrogens is 1. The maximum Gasteiger partial charge on any atom is 0.242 e. The third-order valence-corrected chi connectivity index (χ3v) is 6.43. The van der Waals surface area contributed by atoms with Crippen LogP contribution in [0.5, 0.6) is 0 Å². The number of hydrogen-bond donors (Lipinski definition) is 1. The second-order valence-corrected chi connectivity index (χ2v) is 8.49. The minimum atomic E-state index is -3.70. The summed E-state index contributed by atoms with van der Waals surface area (Å²) in [5.74, 6) is 0. The quantitative estimate of drug-likeness (QED) is 0.716. The van der Waals surface area contributed by atoms with Crippen LogP contribution in [0.4, 0.5) is 0 Å². The Morgan fingerprint density at radius 1 is 1.13 bits per heavy atom. The molecule has 120 valence electrons. The summed E-state index contributed by atoms with van der Waals surface area (Å²) in [4.78, 5) is 4.46. The van der Waals surface area contributed by atoms with Crippen molar-refractivity contribution in [3.05, 3.63) is 57.5 Å². The predicted molar refractivity (Wildman–Crippen MR) is 95.0 cm³/mol. The van der Waals surface area contributed by atoms with E-state index in [0.717, 1.165) is 15.2 Å². The first-order chi connectivity index (χ1) is 11.0. The fourth-order valence-corrected chi connectivity index (χ4v) is 4.84.